The van der Waals surface area contributed by atoms with Gasteiger partial charge in [-0.2, -0.15) is 4.72 Å². The molecule has 182 valence electrons. The van der Waals surface area contributed by atoms with Gasteiger partial charge in [0.25, 0.3) is 0 Å². The predicted octanol–water partition coefficient (Wildman–Crippen LogP) is 3.82. The van der Waals surface area contributed by atoms with Crippen LogP contribution in [-0.4, -0.2) is 32.3 Å². The van der Waals surface area contributed by atoms with Crippen molar-refractivity contribution in [3.05, 3.63) is 89.5 Å². The Morgan fingerprint density at radius 1 is 1.03 bits per heavy atom. The predicted molar refractivity (Wildman–Crippen MR) is 137 cm³/mol. The van der Waals surface area contributed by atoms with E-state index < -0.39 is 22.0 Å². The van der Waals surface area contributed by atoms with Crippen LogP contribution in [0.1, 0.15) is 30.5 Å². The summed E-state index contributed by atoms with van der Waals surface area (Å²) in [4.78, 5) is 27.0. The van der Waals surface area contributed by atoms with Crippen LogP contribution in [0.15, 0.2) is 77.7 Å². The van der Waals surface area contributed by atoms with Crippen molar-refractivity contribution < 1.29 is 18.0 Å². The van der Waals surface area contributed by atoms with Crippen LogP contribution in [0.3, 0.4) is 0 Å². The maximum atomic E-state index is 13.4. The van der Waals surface area contributed by atoms with E-state index in [1.165, 1.54) is 13.0 Å². The first-order valence-electron chi connectivity index (χ1n) is 11.5. The van der Waals surface area contributed by atoms with Crippen molar-refractivity contribution in [1.29, 1.82) is 0 Å². The van der Waals surface area contributed by atoms with Gasteiger partial charge in [-0.05, 0) is 67.6 Å². The summed E-state index contributed by atoms with van der Waals surface area (Å²) in [6.45, 7) is 5.31. The lowest BCUT2D eigenvalue weighted by Gasteiger charge is -2.21. The number of para-hydroxylation sites is 1. The van der Waals surface area contributed by atoms with Crippen LogP contribution in [0.2, 0.25) is 0 Å². The Bertz CT molecular complexity index is 1360. The Morgan fingerprint density at radius 2 is 1.71 bits per heavy atom. The lowest BCUT2D eigenvalue weighted by atomic mass is 10.1. The van der Waals surface area contributed by atoms with Crippen molar-refractivity contribution in [3.63, 3.8) is 0 Å². The highest BCUT2D eigenvalue weighted by molar-refractivity contribution is 7.89. The van der Waals surface area contributed by atoms with E-state index in [9.17, 15) is 18.0 Å². The van der Waals surface area contributed by atoms with Gasteiger partial charge in [-0.3, -0.25) is 9.59 Å². The van der Waals surface area contributed by atoms with Crippen LogP contribution in [0.25, 0.3) is 0 Å². The maximum absolute atomic E-state index is 13.4. The lowest BCUT2D eigenvalue weighted by molar-refractivity contribution is -0.118. The molecule has 0 aliphatic carbocycles. The molecule has 3 aromatic rings. The van der Waals surface area contributed by atoms with Gasteiger partial charge >= 0.3 is 0 Å². The Balaban J connectivity index is 1.62. The molecule has 4 rings (SSSR count). The number of sulfonamides is 1. The highest BCUT2D eigenvalue weighted by Gasteiger charge is 2.32. The van der Waals surface area contributed by atoms with Gasteiger partial charge in [-0.25, -0.2) is 8.42 Å². The third kappa shape index (κ3) is 5.44. The van der Waals surface area contributed by atoms with E-state index in [0.717, 1.165) is 22.4 Å². The molecule has 2 N–H and O–H groups in total. The van der Waals surface area contributed by atoms with Crippen molar-refractivity contribution in [2.45, 2.75) is 50.6 Å². The van der Waals surface area contributed by atoms with Gasteiger partial charge in [-0.1, -0.05) is 48.5 Å². The topological polar surface area (TPSA) is 95.6 Å². The number of hydrogen-bond acceptors (Lipinski definition) is 4. The fourth-order valence-corrected chi connectivity index (χ4v) is 5.73. The summed E-state index contributed by atoms with van der Waals surface area (Å²) in [6.07, 6.45) is 0.761. The van der Waals surface area contributed by atoms with Gasteiger partial charge in [-0.15, -0.1) is 0 Å². The second kappa shape index (κ2) is 10.0. The number of amides is 2. The smallest absolute Gasteiger partial charge is 0.242 e. The number of carbonyl (C=O) groups is 2. The average molecular weight is 492 g/mol. The molecule has 2 amide bonds. The maximum Gasteiger partial charge on any atom is 0.242 e. The molecule has 0 aromatic heterocycles. The van der Waals surface area contributed by atoms with E-state index in [1.807, 2.05) is 62.4 Å². The number of rotatable bonds is 7. The van der Waals surface area contributed by atoms with Gasteiger partial charge < -0.3 is 10.2 Å². The molecule has 0 saturated heterocycles. The number of nitrogens with zero attached hydrogens (tertiary/aromatic N) is 1. The standard InChI is InChI=1S/C27H29N3O4S/c1-18-9-7-8-12-24(18)28-27(32)25(16-21-10-5-4-6-11-21)29-35(33,34)23-13-14-26-22(17-23)15-19(2)30(26)20(3)31/h4-14,17,19,25,29H,15-16H2,1-3H3,(H,28,32)/t19-,25-/m0/s1. The van der Waals surface area contributed by atoms with E-state index in [0.29, 0.717) is 12.1 Å². The summed E-state index contributed by atoms with van der Waals surface area (Å²) in [5, 5.41) is 2.86. The Kier molecular flexibility index (Phi) is 7.05. The molecule has 0 bridgehead atoms. The van der Waals surface area contributed by atoms with Crippen molar-refractivity contribution in [2.75, 3.05) is 10.2 Å². The molecule has 0 unspecified atom stereocenters. The monoisotopic (exact) mass is 491 g/mol. The molecule has 0 fully saturated rings. The molecule has 8 heteroatoms. The third-order valence-electron chi connectivity index (χ3n) is 6.22. The fourth-order valence-electron chi connectivity index (χ4n) is 4.48. The molecule has 2 atom stereocenters. The van der Waals surface area contributed by atoms with Crippen LogP contribution in [0.5, 0.6) is 0 Å². The van der Waals surface area contributed by atoms with Crippen LogP contribution in [0.4, 0.5) is 11.4 Å². The number of fused-ring (bicyclic) bond motifs is 1. The van der Waals surface area contributed by atoms with Gasteiger partial charge in [0.1, 0.15) is 6.04 Å². The zero-order valence-electron chi connectivity index (χ0n) is 20.0. The minimum absolute atomic E-state index is 0.0425. The van der Waals surface area contributed by atoms with Crippen molar-refractivity contribution >= 4 is 33.2 Å². The molecule has 1 aliphatic rings. The van der Waals surface area contributed by atoms with Crippen molar-refractivity contribution in [2.24, 2.45) is 0 Å². The highest BCUT2D eigenvalue weighted by Crippen LogP contribution is 2.34. The summed E-state index contributed by atoms with van der Waals surface area (Å²) >= 11 is 0. The molecule has 1 aliphatic heterocycles. The SMILES string of the molecule is CC(=O)N1c2ccc(S(=O)(=O)N[C@@H](Cc3ccccc3)C(=O)Nc3ccccc3C)cc2C[C@@H]1C. The summed E-state index contributed by atoms with van der Waals surface area (Å²) in [6, 6.07) is 20.3. The molecule has 0 spiro atoms. The largest absolute Gasteiger partial charge is 0.324 e. The van der Waals surface area contributed by atoms with Crippen molar-refractivity contribution in [3.8, 4) is 0 Å². The molecule has 3 aromatic carbocycles. The second-order valence-electron chi connectivity index (χ2n) is 8.90. The second-order valence-corrected chi connectivity index (χ2v) is 10.6. The molecule has 0 radical (unpaired) electrons. The minimum Gasteiger partial charge on any atom is -0.324 e. The van der Waals surface area contributed by atoms with Crippen LogP contribution in [0, 0.1) is 6.92 Å². The lowest BCUT2D eigenvalue weighted by Crippen LogP contribution is -2.45. The van der Waals surface area contributed by atoms with E-state index in [4.69, 9.17) is 0 Å². The zero-order valence-corrected chi connectivity index (χ0v) is 20.8. The normalized spacial score (nSPS) is 16.0. The molecular formula is C27H29N3O4S. The third-order valence-corrected chi connectivity index (χ3v) is 7.68. The van der Waals surface area contributed by atoms with E-state index in [1.54, 1.807) is 23.1 Å². The minimum atomic E-state index is -4.02. The van der Waals surface area contributed by atoms with E-state index in [-0.39, 0.29) is 23.3 Å². The summed E-state index contributed by atoms with van der Waals surface area (Å²) in [5.74, 6) is -0.523. The fraction of sp³-hybridized carbons (Fsp3) is 0.259. The highest BCUT2D eigenvalue weighted by atomic mass is 32.2. The molecule has 0 saturated carbocycles. The quantitative estimate of drug-likeness (QED) is 0.525. The van der Waals surface area contributed by atoms with E-state index >= 15 is 0 Å². The van der Waals surface area contributed by atoms with Crippen molar-refractivity contribution in [1.82, 2.24) is 4.72 Å². The summed E-state index contributed by atoms with van der Waals surface area (Å²) < 4.78 is 29.4. The summed E-state index contributed by atoms with van der Waals surface area (Å²) in [5.41, 5.74) is 3.86. The number of carbonyl (C=O) groups excluding carboxylic acids is 2. The first-order valence-corrected chi connectivity index (χ1v) is 13.0. The molecule has 35 heavy (non-hydrogen) atoms. The first kappa shape index (κ1) is 24.6. The summed E-state index contributed by atoms with van der Waals surface area (Å²) in [7, 11) is -4.02. The van der Waals surface area contributed by atoms with Gasteiger partial charge in [0.15, 0.2) is 0 Å². The molecule has 7 nitrogen and oxygen atoms in total. The van der Waals surface area contributed by atoms with Crippen LogP contribution >= 0.6 is 0 Å². The molecular weight excluding hydrogens is 462 g/mol. The van der Waals surface area contributed by atoms with Gasteiger partial charge in [0.2, 0.25) is 21.8 Å². The number of benzene rings is 3. The molecule has 1 heterocycles. The number of hydrogen-bond donors (Lipinski definition) is 2. The average Bonchev–Trinajstić information content (AvgIpc) is 3.15. The van der Waals surface area contributed by atoms with Crippen LogP contribution < -0.4 is 14.9 Å². The van der Waals surface area contributed by atoms with Gasteiger partial charge in [0, 0.05) is 24.3 Å². The van der Waals surface area contributed by atoms with E-state index in [2.05, 4.69) is 10.0 Å². The number of anilines is 2. The number of nitrogens with one attached hydrogen (secondary N) is 2. The van der Waals surface area contributed by atoms with Crippen LogP contribution in [-0.2, 0) is 32.5 Å². The zero-order chi connectivity index (χ0) is 25.2. The Morgan fingerprint density at radius 3 is 2.40 bits per heavy atom. The first-order chi connectivity index (χ1) is 16.7. The Hall–Kier alpha value is -3.49. The Labute approximate surface area is 206 Å². The van der Waals surface area contributed by atoms with Gasteiger partial charge in [0.05, 0.1) is 4.90 Å². The number of aryl methyl sites for hydroxylation is 1.